The molecule has 0 aromatic carbocycles. The molecule has 1 atom stereocenters. The van der Waals surface area contributed by atoms with Crippen molar-refractivity contribution in [1.82, 2.24) is 15.2 Å². The molecule has 1 aromatic heterocycles. The van der Waals surface area contributed by atoms with E-state index in [1.807, 2.05) is 5.38 Å². The van der Waals surface area contributed by atoms with Crippen molar-refractivity contribution in [2.45, 2.75) is 6.04 Å². The first-order chi connectivity index (χ1) is 12.1. The number of morpholine rings is 1. The fraction of sp³-hybridized carbons (Fsp3) is 0.467. The van der Waals surface area contributed by atoms with Crippen LogP contribution in [0.25, 0.3) is 0 Å². The highest BCUT2D eigenvalue weighted by Gasteiger charge is 2.32. The largest absolute Gasteiger partial charge is 0.480 e. The number of hydrogen-bond donors (Lipinski definition) is 2. The van der Waals surface area contributed by atoms with Crippen LogP contribution in [-0.2, 0) is 19.1 Å². The van der Waals surface area contributed by atoms with Crippen LogP contribution in [-0.4, -0.2) is 78.8 Å². The fourth-order valence-corrected chi connectivity index (χ4v) is 3.27. The van der Waals surface area contributed by atoms with Crippen LogP contribution in [0.1, 0.15) is 5.01 Å². The third kappa shape index (κ3) is 3.86. The summed E-state index contributed by atoms with van der Waals surface area (Å²) in [6.07, 6.45) is 1.67. The van der Waals surface area contributed by atoms with Crippen molar-refractivity contribution in [2.24, 2.45) is 4.99 Å². The SMILES string of the molecule is COC(=O)C1=C(CN2CCOCC2C(=O)O)N=C(c2nccs2)NC1. The lowest BCUT2D eigenvalue weighted by atomic mass is 10.1. The third-order valence-electron chi connectivity index (χ3n) is 3.97. The number of thiazole rings is 1. The summed E-state index contributed by atoms with van der Waals surface area (Å²) in [6.45, 7) is 1.47. The van der Waals surface area contributed by atoms with Gasteiger partial charge in [0.2, 0.25) is 0 Å². The van der Waals surface area contributed by atoms with Crippen LogP contribution in [0.5, 0.6) is 0 Å². The topological polar surface area (TPSA) is 113 Å². The summed E-state index contributed by atoms with van der Waals surface area (Å²) in [5.74, 6) is -0.875. The fourth-order valence-electron chi connectivity index (χ4n) is 2.67. The molecule has 0 aliphatic carbocycles. The summed E-state index contributed by atoms with van der Waals surface area (Å²) in [5.41, 5.74) is 0.877. The molecular formula is C15H18N4O5S. The maximum Gasteiger partial charge on any atom is 0.337 e. The van der Waals surface area contributed by atoms with Crippen molar-refractivity contribution >= 4 is 29.1 Å². The first-order valence-electron chi connectivity index (χ1n) is 7.67. The van der Waals surface area contributed by atoms with E-state index in [1.165, 1.54) is 18.4 Å². The van der Waals surface area contributed by atoms with E-state index in [4.69, 9.17) is 9.47 Å². The number of aromatic nitrogens is 1. The van der Waals surface area contributed by atoms with Crippen LogP contribution < -0.4 is 5.32 Å². The molecule has 9 nitrogen and oxygen atoms in total. The molecule has 0 spiro atoms. The summed E-state index contributed by atoms with van der Waals surface area (Å²) in [5, 5.41) is 15.0. The zero-order chi connectivity index (χ0) is 17.8. The molecule has 0 bridgehead atoms. The van der Waals surface area contributed by atoms with E-state index in [2.05, 4.69) is 15.3 Å². The van der Waals surface area contributed by atoms with Crippen molar-refractivity contribution in [3.8, 4) is 0 Å². The van der Waals surface area contributed by atoms with Gasteiger partial charge in [0.1, 0.15) is 6.04 Å². The van der Waals surface area contributed by atoms with Gasteiger partial charge in [0.05, 0.1) is 38.1 Å². The molecule has 2 N–H and O–H groups in total. The summed E-state index contributed by atoms with van der Waals surface area (Å²) in [7, 11) is 1.31. The molecule has 1 unspecified atom stereocenters. The Labute approximate surface area is 148 Å². The van der Waals surface area contributed by atoms with Gasteiger partial charge in [-0.1, -0.05) is 0 Å². The molecule has 1 aromatic rings. The van der Waals surface area contributed by atoms with Gasteiger partial charge in [-0.25, -0.2) is 14.8 Å². The Kier molecular flexibility index (Phi) is 5.41. The predicted molar refractivity (Wildman–Crippen MR) is 89.5 cm³/mol. The number of carbonyl (C=O) groups excluding carboxylic acids is 1. The number of nitrogens with zero attached hydrogens (tertiary/aromatic N) is 3. The number of carbonyl (C=O) groups is 2. The van der Waals surface area contributed by atoms with E-state index in [0.29, 0.717) is 35.3 Å². The third-order valence-corrected chi connectivity index (χ3v) is 4.75. The number of carboxylic acids is 1. The minimum atomic E-state index is -0.960. The second-order valence-electron chi connectivity index (χ2n) is 5.47. The lowest BCUT2D eigenvalue weighted by Crippen LogP contribution is -2.51. The Balaban J connectivity index is 1.90. The average molecular weight is 366 g/mol. The second-order valence-corrected chi connectivity index (χ2v) is 6.36. The highest BCUT2D eigenvalue weighted by molar-refractivity contribution is 7.11. The summed E-state index contributed by atoms with van der Waals surface area (Å²) < 4.78 is 10.1. The van der Waals surface area contributed by atoms with Crippen LogP contribution in [0.2, 0.25) is 0 Å². The Morgan fingerprint density at radius 3 is 3.08 bits per heavy atom. The van der Waals surface area contributed by atoms with E-state index < -0.39 is 18.0 Å². The standard InChI is InChI=1S/C15H18N4O5S/c1-23-15(22)9-6-17-12(13-16-2-5-25-13)18-10(9)7-19-3-4-24-8-11(19)14(20)21/h2,5,11H,3-4,6-8H2,1H3,(H,17,18)(H,20,21). The van der Waals surface area contributed by atoms with Crippen molar-refractivity contribution < 1.29 is 24.2 Å². The Bertz CT molecular complexity index is 716. The van der Waals surface area contributed by atoms with Crippen LogP contribution in [0.15, 0.2) is 27.8 Å². The van der Waals surface area contributed by atoms with Crippen molar-refractivity contribution in [3.63, 3.8) is 0 Å². The van der Waals surface area contributed by atoms with E-state index in [-0.39, 0.29) is 19.7 Å². The molecule has 1 saturated heterocycles. The molecule has 3 heterocycles. The van der Waals surface area contributed by atoms with Crippen LogP contribution in [0.4, 0.5) is 0 Å². The van der Waals surface area contributed by atoms with Gasteiger partial charge in [0.25, 0.3) is 0 Å². The maximum absolute atomic E-state index is 12.1. The number of ether oxygens (including phenoxy) is 2. The van der Waals surface area contributed by atoms with E-state index >= 15 is 0 Å². The van der Waals surface area contributed by atoms with Gasteiger partial charge in [0.15, 0.2) is 10.8 Å². The monoisotopic (exact) mass is 366 g/mol. The highest BCUT2D eigenvalue weighted by Crippen LogP contribution is 2.19. The van der Waals surface area contributed by atoms with Crippen LogP contribution in [0.3, 0.4) is 0 Å². The predicted octanol–water partition coefficient (Wildman–Crippen LogP) is -0.295. The number of esters is 1. The maximum atomic E-state index is 12.1. The molecule has 0 saturated carbocycles. The van der Waals surface area contributed by atoms with Gasteiger partial charge in [0, 0.05) is 24.7 Å². The first kappa shape index (κ1) is 17.5. The number of aliphatic imine (C=N–C) groups is 1. The Hall–Kier alpha value is -2.30. The Morgan fingerprint density at radius 1 is 1.56 bits per heavy atom. The molecule has 3 rings (SSSR count). The lowest BCUT2D eigenvalue weighted by molar-refractivity contribution is -0.149. The van der Waals surface area contributed by atoms with Gasteiger partial charge in [-0.15, -0.1) is 11.3 Å². The lowest BCUT2D eigenvalue weighted by Gasteiger charge is -2.33. The summed E-state index contributed by atoms with van der Waals surface area (Å²) in [4.78, 5) is 34.0. The number of amidine groups is 1. The van der Waals surface area contributed by atoms with Gasteiger partial charge in [-0.2, -0.15) is 0 Å². The smallest absolute Gasteiger partial charge is 0.337 e. The summed E-state index contributed by atoms with van der Waals surface area (Å²) >= 11 is 1.43. The molecule has 25 heavy (non-hydrogen) atoms. The number of rotatable bonds is 5. The minimum absolute atomic E-state index is 0.109. The normalized spacial score (nSPS) is 21.5. The van der Waals surface area contributed by atoms with Crippen LogP contribution >= 0.6 is 11.3 Å². The molecular weight excluding hydrogens is 348 g/mol. The quantitative estimate of drug-likeness (QED) is 0.683. The highest BCUT2D eigenvalue weighted by atomic mass is 32.1. The van der Waals surface area contributed by atoms with Gasteiger partial charge >= 0.3 is 11.9 Å². The van der Waals surface area contributed by atoms with E-state index in [9.17, 15) is 14.7 Å². The van der Waals surface area contributed by atoms with Crippen molar-refractivity contribution in [1.29, 1.82) is 0 Å². The van der Waals surface area contributed by atoms with E-state index in [1.54, 1.807) is 11.1 Å². The molecule has 134 valence electrons. The molecule has 1 fully saturated rings. The minimum Gasteiger partial charge on any atom is -0.480 e. The van der Waals surface area contributed by atoms with Gasteiger partial charge < -0.3 is 19.9 Å². The molecule has 10 heteroatoms. The zero-order valence-electron chi connectivity index (χ0n) is 13.6. The average Bonchev–Trinajstić information content (AvgIpc) is 3.16. The zero-order valence-corrected chi connectivity index (χ0v) is 14.4. The van der Waals surface area contributed by atoms with Crippen LogP contribution in [0, 0.1) is 0 Å². The van der Waals surface area contributed by atoms with Gasteiger partial charge in [-0.05, 0) is 0 Å². The van der Waals surface area contributed by atoms with Crippen molar-refractivity contribution in [3.05, 3.63) is 27.9 Å². The van der Waals surface area contributed by atoms with Crippen molar-refractivity contribution in [2.75, 3.05) is 40.0 Å². The number of hydrogen-bond acceptors (Lipinski definition) is 9. The second kappa shape index (κ2) is 7.72. The molecule has 2 aliphatic rings. The number of nitrogens with one attached hydrogen (secondary N) is 1. The molecule has 0 radical (unpaired) electrons. The molecule has 0 amide bonds. The number of aliphatic carboxylic acids is 1. The van der Waals surface area contributed by atoms with E-state index in [0.717, 1.165) is 0 Å². The number of carboxylic acid groups (broad SMARTS) is 1. The Morgan fingerprint density at radius 2 is 2.40 bits per heavy atom. The molecule has 2 aliphatic heterocycles. The first-order valence-corrected chi connectivity index (χ1v) is 8.55. The number of methoxy groups -OCH3 is 1. The van der Waals surface area contributed by atoms with Gasteiger partial charge in [-0.3, -0.25) is 9.69 Å². The summed E-state index contributed by atoms with van der Waals surface area (Å²) in [6, 6.07) is -0.770.